The zero-order valence-corrected chi connectivity index (χ0v) is 24.4. The molecule has 220 valence electrons. The van der Waals surface area contributed by atoms with E-state index in [1.807, 2.05) is 45.9 Å². The number of carbonyl (C=O) groups excluding carboxylic acids is 2. The van der Waals surface area contributed by atoms with Gasteiger partial charge in [0.2, 0.25) is 12.3 Å². The molecule has 2 amide bonds. The molecule has 9 heteroatoms. The molecule has 0 radical (unpaired) electrons. The van der Waals surface area contributed by atoms with Crippen molar-refractivity contribution in [3.8, 4) is 0 Å². The minimum atomic E-state index is -2.46. The molecule has 2 rings (SSSR count). The molecule has 0 aromatic heterocycles. The molecule has 0 heterocycles. The molecule has 4 N–H and O–H groups in total. The standard InChI is InChI=1S/C31H45FN4O4/c1-7-9-16-28(30(38)33-6)35(21-37)20-25-23(5)12-10-15-27(25)34-18-24-13-11-14-26(29(24)32)31(39,40)36(17-8-2)19-22(3)4/h7,10-15,21-22,28,34,39-40H,1,8-9,16-20H2,2-6H3,(H,33,38). The summed E-state index contributed by atoms with van der Waals surface area (Å²) < 4.78 is 15.7. The maximum Gasteiger partial charge on any atom is 0.256 e. The van der Waals surface area contributed by atoms with Gasteiger partial charge in [-0.25, -0.2) is 9.29 Å². The number of rotatable bonds is 17. The number of hydrogen-bond donors (Lipinski definition) is 4. The second-order valence-electron chi connectivity index (χ2n) is 10.5. The summed E-state index contributed by atoms with van der Waals surface area (Å²) in [4.78, 5) is 27.6. The number of nitrogens with one attached hydrogen (secondary N) is 2. The normalized spacial score (nSPS) is 12.3. The zero-order valence-electron chi connectivity index (χ0n) is 24.4. The lowest BCUT2D eigenvalue weighted by Gasteiger charge is -2.36. The van der Waals surface area contributed by atoms with Crippen LogP contribution < -0.4 is 10.6 Å². The van der Waals surface area contributed by atoms with Crippen LogP contribution in [0.15, 0.2) is 49.1 Å². The predicted octanol–water partition coefficient (Wildman–Crippen LogP) is 4.25. The number of aliphatic hydroxyl groups is 2. The lowest BCUT2D eigenvalue weighted by Crippen LogP contribution is -2.48. The van der Waals surface area contributed by atoms with Gasteiger partial charge in [-0.1, -0.05) is 51.1 Å². The van der Waals surface area contributed by atoms with E-state index in [1.165, 1.54) is 22.9 Å². The van der Waals surface area contributed by atoms with Crippen molar-refractivity contribution in [2.75, 3.05) is 25.5 Å². The van der Waals surface area contributed by atoms with Crippen molar-refractivity contribution in [2.24, 2.45) is 5.92 Å². The summed E-state index contributed by atoms with van der Waals surface area (Å²) in [6, 6.07) is 9.53. The van der Waals surface area contributed by atoms with Gasteiger partial charge in [-0.2, -0.15) is 0 Å². The highest BCUT2D eigenvalue weighted by Crippen LogP contribution is 2.29. The van der Waals surface area contributed by atoms with Crippen LogP contribution in [0, 0.1) is 18.7 Å². The molecule has 8 nitrogen and oxygen atoms in total. The number of benzene rings is 2. The quantitative estimate of drug-likeness (QED) is 0.132. The van der Waals surface area contributed by atoms with Crippen LogP contribution in [0.25, 0.3) is 0 Å². The van der Waals surface area contributed by atoms with Gasteiger partial charge in [0, 0.05) is 44.5 Å². The first kappa shape index (κ1) is 32.9. The van der Waals surface area contributed by atoms with Crippen LogP contribution in [0.2, 0.25) is 0 Å². The van der Waals surface area contributed by atoms with Gasteiger partial charge in [-0.15, -0.1) is 6.58 Å². The van der Waals surface area contributed by atoms with Crippen LogP contribution in [0.3, 0.4) is 0 Å². The van der Waals surface area contributed by atoms with Gasteiger partial charge in [0.15, 0.2) is 0 Å². The fourth-order valence-electron chi connectivity index (χ4n) is 4.79. The van der Waals surface area contributed by atoms with Gasteiger partial charge in [-0.05, 0) is 55.4 Å². The van der Waals surface area contributed by atoms with Crippen molar-refractivity contribution in [2.45, 2.75) is 72.0 Å². The van der Waals surface area contributed by atoms with Gasteiger partial charge >= 0.3 is 0 Å². The van der Waals surface area contributed by atoms with E-state index in [0.717, 1.165) is 11.1 Å². The molecule has 0 saturated carbocycles. The van der Waals surface area contributed by atoms with Crippen molar-refractivity contribution in [1.82, 2.24) is 15.1 Å². The molecule has 0 saturated heterocycles. The molecular formula is C31H45FN4O4. The number of hydrogen-bond acceptors (Lipinski definition) is 6. The number of halogens is 1. The lowest BCUT2D eigenvalue weighted by molar-refractivity contribution is -0.279. The highest BCUT2D eigenvalue weighted by Gasteiger charge is 2.37. The van der Waals surface area contributed by atoms with E-state index < -0.39 is 17.8 Å². The monoisotopic (exact) mass is 556 g/mol. The molecule has 0 fully saturated rings. The van der Waals surface area contributed by atoms with Crippen LogP contribution in [-0.2, 0) is 28.6 Å². The summed E-state index contributed by atoms with van der Waals surface area (Å²) in [6.07, 6.45) is 4.07. The highest BCUT2D eigenvalue weighted by molar-refractivity contribution is 5.83. The molecule has 0 aliphatic heterocycles. The molecule has 0 spiro atoms. The molecule has 2 aromatic rings. The molecule has 1 unspecified atom stereocenters. The topological polar surface area (TPSA) is 105 Å². The van der Waals surface area contributed by atoms with Gasteiger partial charge in [0.25, 0.3) is 5.91 Å². The Morgan fingerprint density at radius 3 is 2.50 bits per heavy atom. The molecule has 0 bridgehead atoms. The lowest BCUT2D eigenvalue weighted by atomic mass is 10.0. The van der Waals surface area contributed by atoms with Crippen LogP contribution in [0.5, 0.6) is 0 Å². The number of aryl methyl sites for hydroxylation is 1. The number of likely N-dealkylation sites (N-methyl/N-ethyl adjacent to an activating group) is 1. The summed E-state index contributed by atoms with van der Waals surface area (Å²) >= 11 is 0. The van der Waals surface area contributed by atoms with Crippen molar-refractivity contribution < 1.29 is 24.2 Å². The van der Waals surface area contributed by atoms with Gasteiger partial charge < -0.3 is 25.7 Å². The third-order valence-electron chi connectivity index (χ3n) is 6.91. The van der Waals surface area contributed by atoms with Crippen LogP contribution in [0.1, 0.15) is 62.3 Å². The number of amides is 2. The molecule has 1 atom stereocenters. The maximum atomic E-state index is 15.7. The maximum absolute atomic E-state index is 15.7. The highest BCUT2D eigenvalue weighted by atomic mass is 19.1. The van der Waals surface area contributed by atoms with E-state index in [1.54, 1.807) is 18.2 Å². The zero-order chi connectivity index (χ0) is 29.9. The Bertz CT molecular complexity index is 1140. The van der Waals surface area contributed by atoms with Crippen molar-refractivity contribution >= 4 is 18.0 Å². The Hall–Kier alpha value is -3.27. The molecular weight excluding hydrogens is 511 g/mol. The molecule has 0 aliphatic rings. The summed E-state index contributed by atoms with van der Waals surface area (Å²) in [7, 11) is 1.54. The Labute approximate surface area is 237 Å². The summed E-state index contributed by atoms with van der Waals surface area (Å²) in [5, 5.41) is 28.0. The second kappa shape index (κ2) is 15.5. The smallest absolute Gasteiger partial charge is 0.256 e. The fraction of sp³-hybridized carbons (Fsp3) is 0.484. The third-order valence-corrected chi connectivity index (χ3v) is 6.91. The van der Waals surface area contributed by atoms with E-state index in [4.69, 9.17) is 0 Å². The Morgan fingerprint density at radius 2 is 1.90 bits per heavy atom. The Morgan fingerprint density at radius 1 is 1.20 bits per heavy atom. The third kappa shape index (κ3) is 8.36. The average Bonchev–Trinajstić information content (AvgIpc) is 2.92. The van der Waals surface area contributed by atoms with E-state index >= 15 is 4.39 Å². The minimum Gasteiger partial charge on any atom is -0.381 e. The molecule has 0 aliphatic carbocycles. The summed E-state index contributed by atoms with van der Waals surface area (Å²) in [5.74, 6) is -3.26. The average molecular weight is 557 g/mol. The van der Waals surface area contributed by atoms with Gasteiger partial charge in [0.05, 0.1) is 5.56 Å². The SMILES string of the molecule is C=CCCC(C(=O)NC)N(C=O)Cc1c(C)cccc1NCc1cccc(C(O)(O)N(CCC)CC(C)C)c1F. The number of allylic oxidation sites excluding steroid dienone is 1. The molecule has 40 heavy (non-hydrogen) atoms. The Balaban J connectivity index is 2.35. The number of nitrogens with zero attached hydrogens (tertiary/aromatic N) is 2. The first-order valence-corrected chi connectivity index (χ1v) is 13.8. The minimum absolute atomic E-state index is 0.0700. The van der Waals surface area contributed by atoms with E-state index in [2.05, 4.69) is 17.2 Å². The van der Waals surface area contributed by atoms with Gasteiger partial charge in [0.1, 0.15) is 11.9 Å². The number of anilines is 1. The van der Waals surface area contributed by atoms with Gasteiger partial charge in [-0.3, -0.25) is 9.59 Å². The van der Waals surface area contributed by atoms with E-state index in [0.29, 0.717) is 44.4 Å². The summed E-state index contributed by atoms with van der Waals surface area (Å²) in [6.45, 7) is 12.5. The predicted molar refractivity (Wildman–Crippen MR) is 157 cm³/mol. The van der Waals surface area contributed by atoms with Crippen LogP contribution >= 0.6 is 0 Å². The van der Waals surface area contributed by atoms with Crippen LogP contribution in [0.4, 0.5) is 10.1 Å². The second-order valence-corrected chi connectivity index (χ2v) is 10.5. The van der Waals surface area contributed by atoms with Crippen molar-refractivity contribution in [3.05, 3.63) is 77.1 Å². The van der Waals surface area contributed by atoms with Crippen molar-refractivity contribution in [1.29, 1.82) is 0 Å². The number of carbonyl (C=O) groups is 2. The van der Waals surface area contributed by atoms with Crippen LogP contribution in [-0.4, -0.2) is 58.5 Å². The van der Waals surface area contributed by atoms with E-state index in [9.17, 15) is 19.8 Å². The van der Waals surface area contributed by atoms with E-state index in [-0.39, 0.29) is 36.0 Å². The molecule has 2 aromatic carbocycles. The Kier molecular flexibility index (Phi) is 12.8. The van der Waals surface area contributed by atoms with Crippen molar-refractivity contribution in [3.63, 3.8) is 0 Å². The first-order valence-electron chi connectivity index (χ1n) is 13.8. The largest absolute Gasteiger partial charge is 0.381 e. The summed E-state index contributed by atoms with van der Waals surface area (Å²) in [5.41, 5.74) is 2.44. The fourth-order valence-corrected chi connectivity index (χ4v) is 4.79. The first-order chi connectivity index (χ1) is 19.0.